The van der Waals surface area contributed by atoms with E-state index in [2.05, 4.69) is 30.3 Å². The van der Waals surface area contributed by atoms with E-state index in [0.29, 0.717) is 6.42 Å². The Morgan fingerprint density at radius 1 is 0.818 bits per heavy atom. The second kappa shape index (κ2) is 7.74. The summed E-state index contributed by atoms with van der Waals surface area (Å²) in [5, 5.41) is 23.8. The van der Waals surface area contributed by atoms with Crippen molar-refractivity contribution in [3.8, 4) is 0 Å². The Bertz CT molecular complexity index is 576. The highest BCUT2D eigenvalue weighted by Crippen LogP contribution is 2.47. The summed E-state index contributed by atoms with van der Waals surface area (Å²) >= 11 is 0. The van der Waals surface area contributed by atoms with Crippen molar-refractivity contribution in [1.29, 1.82) is 0 Å². The highest BCUT2D eigenvalue weighted by molar-refractivity contribution is 7.76. The van der Waals surface area contributed by atoms with Crippen molar-refractivity contribution >= 4 is 26.9 Å². The van der Waals surface area contributed by atoms with Crippen LogP contribution in [-0.2, 0) is 0 Å². The molecule has 2 atom stereocenters. The second-order valence-electron chi connectivity index (χ2n) is 5.23. The standard InChI is InChI=1S/C18H19O2P.B/c19-16-12-7-13-17(18(16)20)21(14-8-3-1-4-9-14)15-10-5-2-6-11-15;/h1-6,8-11,13,16,18-20H,7,12H2;/t16-,18-;/m0./s1. The molecule has 0 saturated carbocycles. The zero-order valence-corrected chi connectivity index (χ0v) is 13.2. The van der Waals surface area contributed by atoms with Crippen molar-refractivity contribution in [2.24, 2.45) is 0 Å². The van der Waals surface area contributed by atoms with Crippen LogP contribution in [0.4, 0.5) is 0 Å². The number of allylic oxidation sites excluding steroid dienone is 1. The van der Waals surface area contributed by atoms with Gasteiger partial charge in [-0.2, -0.15) is 0 Å². The van der Waals surface area contributed by atoms with E-state index in [0.717, 1.165) is 11.7 Å². The first kappa shape index (κ1) is 17.0. The fourth-order valence-corrected chi connectivity index (χ4v) is 5.29. The summed E-state index contributed by atoms with van der Waals surface area (Å²) in [6, 6.07) is 20.5. The van der Waals surface area contributed by atoms with Gasteiger partial charge in [-0.05, 0) is 36.7 Å². The average Bonchev–Trinajstić information content (AvgIpc) is 2.54. The molecule has 0 fully saturated rings. The van der Waals surface area contributed by atoms with Gasteiger partial charge in [0.05, 0.1) is 6.10 Å². The van der Waals surface area contributed by atoms with E-state index < -0.39 is 20.1 Å². The first-order chi connectivity index (χ1) is 10.3. The van der Waals surface area contributed by atoms with Gasteiger partial charge in [-0.15, -0.1) is 0 Å². The molecule has 4 heteroatoms. The number of aliphatic hydroxyl groups excluding tert-OH is 2. The van der Waals surface area contributed by atoms with Crippen LogP contribution in [0.25, 0.3) is 0 Å². The molecule has 3 rings (SSSR count). The van der Waals surface area contributed by atoms with E-state index in [9.17, 15) is 10.2 Å². The minimum atomic E-state index is -0.784. The Balaban J connectivity index is 0.00000176. The SMILES string of the molecule is O[C@@H]1C(P(c2ccccc2)c2ccccc2)=CCC[C@@H]1O.[B]. The van der Waals surface area contributed by atoms with Gasteiger partial charge in [0.1, 0.15) is 6.10 Å². The van der Waals surface area contributed by atoms with Gasteiger partial charge < -0.3 is 10.2 Å². The maximum Gasteiger partial charge on any atom is 0.106 e. The zero-order chi connectivity index (χ0) is 14.7. The van der Waals surface area contributed by atoms with Crippen LogP contribution in [0.2, 0.25) is 0 Å². The van der Waals surface area contributed by atoms with Crippen molar-refractivity contribution < 1.29 is 10.2 Å². The maximum absolute atomic E-state index is 10.4. The van der Waals surface area contributed by atoms with Crippen LogP contribution in [0.3, 0.4) is 0 Å². The summed E-state index contributed by atoms with van der Waals surface area (Å²) < 4.78 is 0. The van der Waals surface area contributed by atoms with Crippen LogP contribution in [0.15, 0.2) is 72.1 Å². The fourth-order valence-electron chi connectivity index (χ4n) is 2.70. The highest BCUT2D eigenvalue weighted by atomic mass is 31.1. The summed E-state index contributed by atoms with van der Waals surface area (Å²) in [4.78, 5) is 0. The molecule has 1 aliphatic rings. The Kier molecular flexibility index (Phi) is 5.96. The monoisotopic (exact) mass is 309 g/mol. The van der Waals surface area contributed by atoms with Crippen molar-refractivity contribution in [2.75, 3.05) is 0 Å². The Morgan fingerprint density at radius 2 is 1.32 bits per heavy atom. The lowest BCUT2D eigenvalue weighted by Gasteiger charge is -2.31. The van der Waals surface area contributed by atoms with Crippen LogP contribution < -0.4 is 10.6 Å². The molecular formula is C18H19BO2P. The molecule has 111 valence electrons. The van der Waals surface area contributed by atoms with E-state index in [1.807, 2.05) is 36.4 Å². The molecule has 0 aromatic heterocycles. The molecule has 2 aromatic rings. The largest absolute Gasteiger partial charge is 0.390 e. The third-order valence-electron chi connectivity index (χ3n) is 3.77. The highest BCUT2D eigenvalue weighted by Gasteiger charge is 2.30. The molecule has 2 N–H and O–H groups in total. The van der Waals surface area contributed by atoms with E-state index in [4.69, 9.17) is 0 Å². The van der Waals surface area contributed by atoms with Crippen LogP contribution >= 0.6 is 7.92 Å². The average molecular weight is 309 g/mol. The molecule has 0 saturated heterocycles. The molecule has 22 heavy (non-hydrogen) atoms. The van der Waals surface area contributed by atoms with Crippen LogP contribution in [0.5, 0.6) is 0 Å². The molecule has 0 bridgehead atoms. The van der Waals surface area contributed by atoms with Gasteiger partial charge in [0.2, 0.25) is 0 Å². The van der Waals surface area contributed by atoms with E-state index >= 15 is 0 Å². The minimum Gasteiger partial charge on any atom is -0.390 e. The third-order valence-corrected chi connectivity index (χ3v) is 6.36. The predicted octanol–water partition coefficient (Wildman–Crippen LogP) is 2.14. The van der Waals surface area contributed by atoms with Gasteiger partial charge in [-0.3, -0.25) is 0 Å². The maximum atomic E-state index is 10.4. The normalized spacial score (nSPS) is 21.1. The Morgan fingerprint density at radius 3 is 1.82 bits per heavy atom. The quantitative estimate of drug-likeness (QED) is 0.674. The summed E-state index contributed by atoms with van der Waals surface area (Å²) in [5.74, 6) is 0. The lowest BCUT2D eigenvalue weighted by molar-refractivity contribution is 0.0362. The van der Waals surface area contributed by atoms with E-state index in [1.54, 1.807) is 0 Å². The van der Waals surface area contributed by atoms with Crippen molar-refractivity contribution in [3.05, 3.63) is 72.1 Å². The van der Waals surface area contributed by atoms with Gasteiger partial charge in [-0.25, -0.2) is 0 Å². The van der Waals surface area contributed by atoms with E-state index in [1.165, 1.54) is 10.6 Å². The Hall–Kier alpha value is -1.41. The smallest absolute Gasteiger partial charge is 0.106 e. The lowest BCUT2D eigenvalue weighted by atomic mass is 10.0. The molecule has 1 aliphatic carbocycles. The summed E-state index contributed by atoms with van der Waals surface area (Å²) in [6.07, 6.45) is 2.17. The zero-order valence-electron chi connectivity index (χ0n) is 12.3. The van der Waals surface area contributed by atoms with E-state index in [-0.39, 0.29) is 8.41 Å². The van der Waals surface area contributed by atoms with Crippen LogP contribution in [0.1, 0.15) is 12.8 Å². The first-order valence-electron chi connectivity index (χ1n) is 7.24. The van der Waals surface area contributed by atoms with Crippen LogP contribution in [-0.4, -0.2) is 30.8 Å². The van der Waals surface area contributed by atoms with Gasteiger partial charge in [0, 0.05) is 8.41 Å². The van der Waals surface area contributed by atoms with Gasteiger partial charge in [-0.1, -0.05) is 66.7 Å². The van der Waals surface area contributed by atoms with Crippen LogP contribution in [0, 0.1) is 0 Å². The fraction of sp³-hybridized carbons (Fsp3) is 0.222. The summed E-state index contributed by atoms with van der Waals surface area (Å²) in [6.45, 7) is 0. The molecule has 0 heterocycles. The number of rotatable bonds is 3. The molecule has 0 spiro atoms. The number of benzene rings is 2. The predicted molar refractivity (Wildman–Crippen MR) is 94.2 cm³/mol. The van der Waals surface area contributed by atoms with Crippen molar-refractivity contribution in [1.82, 2.24) is 0 Å². The number of aliphatic hydroxyl groups is 2. The molecule has 3 radical (unpaired) electrons. The summed E-state index contributed by atoms with van der Waals surface area (Å²) in [5.41, 5.74) is 0. The molecule has 2 nitrogen and oxygen atoms in total. The topological polar surface area (TPSA) is 40.5 Å². The molecule has 0 amide bonds. The number of hydrogen-bond acceptors (Lipinski definition) is 2. The molecule has 0 unspecified atom stereocenters. The molecule has 0 aliphatic heterocycles. The van der Waals surface area contributed by atoms with Crippen molar-refractivity contribution in [3.63, 3.8) is 0 Å². The number of hydrogen-bond donors (Lipinski definition) is 2. The third kappa shape index (κ3) is 3.49. The first-order valence-corrected chi connectivity index (χ1v) is 8.58. The Labute approximate surface area is 134 Å². The van der Waals surface area contributed by atoms with Crippen molar-refractivity contribution in [2.45, 2.75) is 25.0 Å². The molecular weight excluding hydrogens is 290 g/mol. The molecule has 2 aromatic carbocycles. The summed E-state index contributed by atoms with van der Waals surface area (Å²) in [7, 11) is -0.784. The van der Waals surface area contributed by atoms with Gasteiger partial charge in [0.15, 0.2) is 0 Å². The van der Waals surface area contributed by atoms with Gasteiger partial charge >= 0.3 is 0 Å². The minimum absolute atomic E-state index is 0. The lowest BCUT2D eigenvalue weighted by Crippen LogP contribution is -2.32. The van der Waals surface area contributed by atoms with Gasteiger partial charge in [0.25, 0.3) is 0 Å². The second-order valence-corrected chi connectivity index (χ2v) is 7.45.